The van der Waals surface area contributed by atoms with Crippen molar-refractivity contribution in [2.45, 2.75) is 45.1 Å². The van der Waals surface area contributed by atoms with E-state index in [2.05, 4.69) is 27.4 Å². The monoisotopic (exact) mass is 349 g/mol. The molecule has 0 spiro atoms. The number of hydrogen-bond donors (Lipinski definition) is 0. The highest BCUT2D eigenvalue weighted by molar-refractivity contribution is 9.10. The summed E-state index contributed by atoms with van der Waals surface area (Å²) in [6.45, 7) is 2.10. The number of aromatic nitrogens is 1. The molecule has 0 unspecified atom stereocenters. The first-order valence-corrected chi connectivity index (χ1v) is 8.31. The summed E-state index contributed by atoms with van der Waals surface area (Å²) in [4.78, 5) is 11.7. The van der Waals surface area contributed by atoms with E-state index in [-0.39, 0.29) is 5.97 Å². The lowest BCUT2D eigenvalue weighted by atomic mass is 9.95. The SMILES string of the molecule is COC(=O)c1ccc2c(c1)c(C)c(Br)n2C1CCCCC1. The van der Waals surface area contributed by atoms with E-state index in [0.29, 0.717) is 11.6 Å². The van der Waals surface area contributed by atoms with Crippen LogP contribution in [-0.2, 0) is 4.74 Å². The number of methoxy groups -OCH3 is 1. The maximum Gasteiger partial charge on any atom is 0.337 e. The van der Waals surface area contributed by atoms with Crippen LogP contribution in [-0.4, -0.2) is 17.6 Å². The zero-order valence-electron chi connectivity index (χ0n) is 12.5. The maximum absolute atomic E-state index is 11.7. The van der Waals surface area contributed by atoms with E-state index in [0.717, 1.165) is 9.99 Å². The standard InChI is InChI=1S/C17H20BrNO2/c1-11-14-10-12(17(20)21-2)8-9-15(14)19(16(11)18)13-6-4-3-5-7-13/h8-10,13H,3-7H2,1-2H3. The van der Waals surface area contributed by atoms with E-state index in [1.807, 2.05) is 18.2 Å². The molecule has 21 heavy (non-hydrogen) atoms. The second-order valence-electron chi connectivity index (χ2n) is 5.80. The van der Waals surface area contributed by atoms with Crippen LogP contribution in [0.15, 0.2) is 22.8 Å². The lowest BCUT2D eigenvalue weighted by Gasteiger charge is -2.25. The lowest BCUT2D eigenvalue weighted by Crippen LogP contribution is -2.13. The van der Waals surface area contributed by atoms with E-state index >= 15 is 0 Å². The zero-order chi connectivity index (χ0) is 15.0. The Morgan fingerprint density at radius 2 is 2.00 bits per heavy atom. The van der Waals surface area contributed by atoms with Gasteiger partial charge in [0.2, 0.25) is 0 Å². The van der Waals surface area contributed by atoms with Gasteiger partial charge < -0.3 is 9.30 Å². The number of fused-ring (bicyclic) bond motifs is 1. The summed E-state index contributed by atoms with van der Waals surface area (Å²) >= 11 is 3.75. The number of halogens is 1. The molecule has 0 saturated heterocycles. The Morgan fingerprint density at radius 1 is 1.29 bits per heavy atom. The summed E-state index contributed by atoms with van der Waals surface area (Å²) in [7, 11) is 1.42. The Bertz CT molecular complexity index is 684. The number of ether oxygens (including phenoxy) is 1. The van der Waals surface area contributed by atoms with Gasteiger partial charge in [-0.3, -0.25) is 0 Å². The summed E-state index contributed by atoms with van der Waals surface area (Å²) in [5, 5.41) is 1.13. The van der Waals surface area contributed by atoms with Gasteiger partial charge in [0.05, 0.1) is 17.3 Å². The molecule has 1 saturated carbocycles. The minimum Gasteiger partial charge on any atom is -0.465 e. The third kappa shape index (κ3) is 2.50. The van der Waals surface area contributed by atoms with Crippen LogP contribution in [0.2, 0.25) is 0 Å². The predicted octanol–water partition coefficient (Wildman–Crippen LogP) is 5.00. The highest BCUT2D eigenvalue weighted by Gasteiger charge is 2.22. The highest BCUT2D eigenvalue weighted by atomic mass is 79.9. The zero-order valence-corrected chi connectivity index (χ0v) is 14.1. The first-order valence-electron chi connectivity index (χ1n) is 7.52. The first kappa shape index (κ1) is 14.6. The number of nitrogens with zero attached hydrogens (tertiary/aromatic N) is 1. The fourth-order valence-corrected chi connectivity index (χ4v) is 4.08. The maximum atomic E-state index is 11.7. The molecule has 0 radical (unpaired) electrons. The van der Waals surface area contributed by atoms with Crippen molar-refractivity contribution in [3.8, 4) is 0 Å². The fourth-order valence-electron chi connectivity index (χ4n) is 3.39. The van der Waals surface area contributed by atoms with Crippen molar-refractivity contribution >= 4 is 32.8 Å². The number of carbonyl (C=O) groups excluding carboxylic acids is 1. The van der Waals surface area contributed by atoms with Crippen LogP contribution in [0.25, 0.3) is 10.9 Å². The minimum absolute atomic E-state index is 0.280. The molecule has 0 aliphatic heterocycles. The van der Waals surface area contributed by atoms with Crippen LogP contribution >= 0.6 is 15.9 Å². The van der Waals surface area contributed by atoms with Crippen molar-refractivity contribution < 1.29 is 9.53 Å². The fraction of sp³-hybridized carbons (Fsp3) is 0.471. The summed E-state index contributed by atoms with van der Waals surface area (Å²) in [5.74, 6) is -0.280. The Labute approximate surface area is 133 Å². The van der Waals surface area contributed by atoms with Crippen LogP contribution in [0.3, 0.4) is 0 Å². The Morgan fingerprint density at radius 3 is 2.67 bits per heavy atom. The molecule has 1 aromatic heterocycles. The quantitative estimate of drug-likeness (QED) is 0.714. The summed E-state index contributed by atoms with van der Waals surface area (Å²) in [6, 6.07) is 6.42. The molecule has 4 heteroatoms. The van der Waals surface area contributed by atoms with Gasteiger partial charge >= 0.3 is 5.97 Å². The first-order chi connectivity index (χ1) is 10.1. The van der Waals surface area contributed by atoms with Crippen molar-refractivity contribution in [2.75, 3.05) is 7.11 Å². The van der Waals surface area contributed by atoms with Crippen molar-refractivity contribution in [3.63, 3.8) is 0 Å². The summed E-state index contributed by atoms with van der Waals surface area (Å²) < 4.78 is 8.37. The van der Waals surface area contributed by atoms with Crippen LogP contribution in [0, 0.1) is 6.92 Å². The normalized spacial score (nSPS) is 16.3. The smallest absolute Gasteiger partial charge is 0.337 e. The average Bonchev–Trinajstić information content (AvgIpc) is 2.78. The van der Waals surface area contributed by atoms with Gasteiger partial charge in [-0.1, -0.05) is 19.3 Å². The van der Waals surface area contributed by atoms with Crippen LogP contribution in [0.5, 0.6) is 0 Å². The van der Waals surface area contributed by atoms with Gasteiger partial charge in [-0.05, 0) is 59.5 Å². The molecule has 112 valence electrons. The van der Waals surface area contributed by atoms with Crippen molar-refractivity contribution in [3.05, 3.63) is 33.9 Å². The molecule has 0 atom stereocenters. The Hall–Kier alpha value is -1.29. The van der Waals surface area contributed by atoms with Crippen LogP contribution in [0.1, 0.15) is 54.1 Å². The Kier molecular flexibility index (Phi) is 4.07. The molecule has 0 amide bonds. The van der Waals surface area contributed by atoms with Gasteiger partial charge in [-0.25, -0.2) is 4.79 Å². The molecule has 1 heterocycles. The predicted molar refractivity (Wildman–Crippen MR) is 87.8 cm³/mol. The number of esters is 1. The summed E-state index contributed by atoms with van der Waals surface area (Å²) in [6.07, 6.45) is 6.42. The number of hydrogen-bond acceptors (Lipinski definition) is 2. The van der Waals surface area contributed by atoms with Crippen molar-refractivity contribution in [1.29, 1.82) is 0 Å². The third-order valence-electron chi connectivity index (χ3n) is 4.54. The Balaban J connectivity index is 2.13. The molecule has 3 nitrogen and oxygen atoms in total. The number of benzene rings is 1. The second kappa shape index (κ2) is 5.84. The van der Waals surface area contributed by atoms with Gasteiger partial charge in [0.15, 0.2) is 0 Å². The minimum atomic E-state index is -0.280. The van der Waals surface area contributed by atoms with Crippen LogP contribution in [0.4, 0.5) is 0 Å². The van der Waals surface area contributed by atoms with E-state index in [4.69, 9.17) is 4.74 Å². The second-order valence-corrected chi connectivity index (χ2v) is 6.55. The highest BCUT2D eigenvalue weighted by Crippen LogP contribution is 2.38. The molecular weight excluding hydrogens is 330 g/mol. The molecule has 1 aliphatic carbocycles. The largest absolute Gasteiger partial charge is 0.465 e. The van der Waals surface area contributed by atoms with E-state index in [1.165, 1.54) is 50.3 Å². The molecule has 2 aromatic rings. The molecule has 0 bridgehead atoms. The molecule has 1 aromatic carbocycles. The van der Waals surface area contributed by atoms with Crippen molar-refractivity contribution in [2.24, 2.45) is 0 Å². The molecule has 1 fully saturated rings. The van der Waals surface area contributed by atoms with Crippen molar-refractivity contribution in [1.82, 2.24) is 4.57 Å². The molecule has 1 aliphatic rings. The molecule has 3 rings (SSSR count). The average molecular weight is 350 g/mol. The van der Waals surface area contributed by atoms with Gasteiger partial charge in [-0.2, -0.15) is 0 Å². The molecule has 0 N–H and O–H groups in total. The van der Waals surface area contributed by atoms with E-state index < -0.39 is 0 Å². The summed E-state index contributed by atoms with van der Waals surface area (Å²) in [5.41, 5.74) is 3.02. The third-order valence-corrected chi connectivity index (χ3v) is 5.52. The van der Waals surface area contributed by atoms with Gasteiger partial charge in [0.1, 0.15) is 0 Å². The van der Waals surface area contributed by atoms with Gasteiger partial charge in [-0.15, -0.1) is 0 Å². The number of rotatable bonds is 2. The molecular formula is C17H20BrNO2. The topological polar surface area (TPSA) is 31.2 Å². The van der Waals surface area contributed by atoms with Crippen LogP contribution < -0.4 is 0 Å². The van der Waals surface area contributed by atoms with Gasteiger partial charge in [0.25, 0.3) is 0 Å². The van der Waals surface area contributed by atoms with E-state index in [9.17, 15) is 4.79 Å². The van der Waals surface area contributed by atoms with Gasteiger partial charge in [0, 0.05) is 16.9 Å². The van der Waals surface area contributed by atoms with E-state index in [1.54, 1.807) is 0 Å². The number of aryl methyl sites for hydroxylation is 1. The lowest BCUT2D eigenvalue weighted by molar-refractivity contribution is 0.0601. The number of carbonyl (C=O) groups is 1.